The minimum absolute atomic E-state index is 0.0988. The zero-order chi connectivity index (χ0) is 30.9. The van der Waals surface area contributed by atoms with Crippen molar-refractivity contribution in [3.05, 3.63) is 155 Å². The number of pyridine rings is 1. The zero-order valence-corrected chi connectivity index (χ0v) is 24.9. The third-order valence-corrected chi connectivity index (χ3v) is 11.1. The molecule has 0 unspecified atom stereocenters. The number of nitrogens with zero attached hydrogens (tertiary/aromatic N) is 2. The van der Waals surface area contributed by atoms with Crippen molar-refractivity contribution in [2.75, 3.05) is 4.90 Å². The largest absolute Gasteiger partial charge is 0.297 e. The van der Waals surface area contributed by atoms with Crippen LogP contribution in [0.4, 0.5) is 5.82 Å². The lowest BCUT2D eigenvalue weighted by molar-refractivity contribution is -0.130. The van der Waals surface area contributed by atoms with Gasteiger partial charge in [-0.3, -0.25) is 14.4 Å². The van der Waals surface area contributed by atoms with E-state index in [1.807, 2.05) is 85.8 Å². The second kappa shape index (κ2) is 8.52. The van der Waals surface area contributed by atoms with Crippen LogP contribution in [0.1, 0.15) is 27.8 Å². The highest BCUT2D eigenvalue weighted by atomic mass is 16.2. The SMILES string of the molecule is Cc1cccnc1N1C(=O)[C@@H]2[C@H](C1=O)[C@@]1(c3ccccc3)C(=O)[C@]2(c2ccccc2)c2c1c1cccc3ccc4cccc2c4c31. The first-order chi connectivity index (χ1) is 22.5. The van der Waals surface area contributed by atoms with Crippen LogP contribution in [0.5, 0.6) is 0 Å². The highest BCUT2D eigenvalue weighted by Crippen LogP contribution is 2.72. The molecule has 2 heterocycles. The molecule has 1 aliphatic heterocycles. The topological polar surface area (TPSA) is 67.3 Å². The Morgan fingerprint density at radius 2 is 1.07 bits per heavy atom. The molecule has 2 amide bonds. The number of benzene rings is 6. The normalized spacial score (nSPS) is 24.9. The quantitative estimate of drug-likeness (QED) is 0.160. The first-order valence-electron chi connectivity index (χ1n) is 15.7. The summed E-state index contributed by atoms with van der Waals surface area (Å²) in [6.07, 6.45) is 1.61. The molecule has 2 aliphatic carbocycles. The lowest BCUT2D eigenvalue weighted by Crippen LogP contribution is -2.45. The fourth-order valence-electron chi connectivity index (χ4n) is 9.57. The molecule has 1 saturated carbocycles. The molecule has 7 aromatic rings. The molecule has 5 nitrogen and oxygen atoms in total. The number of carbonyl (C=O) groups excluding carboxylic acids is 3. The Bertz CT molecular complexity index is 2320. The van der Waals surface area contributed by atoms with Gasteiger partial charge in [0.1, 0.15) is 5.82 Å². The predicted octanol–water partition coefficient (Wildman–Crippen LogP) is 7.26. The van der Waals surface area contributed by atoms with Crippen molar-refractivity contribution in [1.29, 1.82) is 0 Å². The summed E-state index contributed by atoms with van der Waals surface area (Å²) in [5.74, 6) is -2.41. The van der Waals surface area contributed by atoms with E-state index in [9.17, 15) is 0 Å². The summed E-state index contributed by atoms with van der Waals surface area (Å²) >= 11 is 0. The van der Waals surface area contributed by atoms with Gasteiger partial charge in [0, 0.05) is 6.20 Å². The molecule has 3 aliphatic rings. The maximum atomic E-state index is 16.0. The van der Waals surface area contributed by atoms with E-state index in [0.717, 1.165) is 60.1 Å². The van der Waals surface area contributed by atoms with Crippen molar-refractivity contribution in [2.24, 2.45) is 11.8 Å². The van der Waals surface area contributed by atoms with Gasteiger partial charge in [0.15, 0.2) is 5.78 Å². The van der Waals surface area contributed by atoms with Crippen LogP contribution in [0.3, 0.4) is 0 Å². The molecular weight excluding hydrogens is 568 g/mol. The molecule has 4 atom stereocenters. The number of Topliss-reactive ketones (excluding diaryl/α,β-unsaturated/α-hetero) is 1. The number of hydrogen-bond donors (Lipinski definition) is 0. The highest BCUT2D eigenvalue weighted by molar-refractivity contribution is 6.36. The summed E-state index contributed by atoms with van der Waals surface area (Å²) in [5.41, 5.74) is 1.11. The maximum Gasteiger partial charge on any atom is 0.240 e. The van der Waals surface area contributed by atoms with Crippen LogP contribution in [-0.2, 0) is 25.2 Å². The third-order valence-electron chi connectivity index (χ3n) is 11.1. The predicted molar refractivity (Wildman–Crippen MR) is 178 cm³/mol. The van der Waals surface area contributed by atoms with E-state index < -0.39 is 22.7 Å². The van der Waals surface area contributed by atoms with Crippen molar-refractivity contribution in [3.63, 3.8) is 0 Å². The van der Waals surface area contributed by atoms with E-state index >= 15 is 14.4 Å². The summed E-state index contributed by atoms with van der Waals surface area (Å²) < 4.78 is 0. The number of amides is 2. The van der Waals surface area contributed by atoms with E-state index in [-0.39, 0.29) is 17.6 Å². The molecular formula is C41H26N2O3. The van der Waals surface area contributed by atoms with Crippen LogP contribution in [0.15, 0.2) is 128 Å². The number of fused-ring (bicyclic) bond motifs is 10. The lowest BCUT2D eigenvalue weighted by Gasteiger charge is -2.38. The van der Waals surface area contributed by atoms with Crippen LogP contribution in [0, 0.1) is 18.8 Å². The number of carbonyl (C=O) groups is 3. The number of ketones is 1. The number of aryl methyl sites for hydroxylation is 1. The van der Waals surface area contributed by atoms with Crippen molar-refractivity contribution in [1.82, 2.24) is 4.98 Å². The molecule has 10 rings (SSSR count). The maximum absolute atomic E-state index is 16.0. The minimum atomic E-state index is -1.40. The number of hydrogen-bond acceptors (Lipinski definition) is 4. The fraction of sp³-hybridized carbons (Fsp3) is 0.122. The van der Waals surface area contributed by atoms with E-state index in [0.29, 0.717) is 5.82 Å². The number of rotatable bonds is 3. The third kappa shape index (κ3) is 2.63. The molecule has 46 heavy (non-hydrogen) atoms. The molecule has 1 aromatic heterocycles. The minimum Gasteiger partial charge on any atom is -0.297 e. The molecule has 1 saturated heterocycles. The molecule has 5 heteroatoms. The molecule has 0 N–H and O–H groups in total. The Labute approximate surface area is 264 Å². The van der Waals surface area contributed by atoms with Crippen LogP contribution in [-0.4, -0.2) is 22.6 Å². The summed E-state index contributed by atoms with van der Waals surface area (Å²) in [6.45, 7) is 1.86. The van der Waals surface area contributed by atoms with Crippen molar-refractivity contribution >= 4 is 55.7 Å². The van der Waals surface area contributed by atoms with Gasteiger partial charge in [-0.05, 0) is 73.1 Å². The molecule has 2 bridgehead atoms. The van der Waals surface area contributed by atoms with Crippen molar-refractivity contribution in [3.8, 4) is 0 Å². The Hall–Kier alpha value is -5.68. The Kier molecular flexibility index (Phi) is 4.75. The Balaban J connectivity index is 1.46. The average Bonchev–Trinajstić information content (AvgIpc) is 3.61. The van der Waals surface area contributed by atoms with Gasteiger partial charge < -0.3 is 0 Å². The standard InChI is InChI=1S/C41H26N2O3/c1-23-11-10-22-42-36(23)43-37(44)34-35(38(43)45)41(27-16-6-3-7-17-27)33-29-19-9-13-25-21-20-24-12-8-18-28(30(24)31(25)29)32(33)40(34,39(41)46)26-14-4-2-5-15-26/h2-22,34-35H,1H3/t34-,35+,40+,41-. The second-order valence-corrected chi connectivity index (χ2v) is 12.9. The summed E-state index contributed by atoms with van der Waals surface area (Å²) in [7, 11) is 0. The van der Waals surface area contributed by atoms with Crippen LogP contribution < -0.4 is 4.90 Å². The summed E-state index contributed by atoms with van der Waals surface area (Å²) in [4.78, 5) is 52.0. The van der Waals surface area contributed by atoms with Crippen LogP contribution in [0.25, 0.3) is 32.3 Å². The van der Waals surface area contributed by atoms with Gasteiger partial charge in [-0.1, -0.05) is 115 Å². The van der Waals surface area contributed by atoms with Gasteiger partial charge in [0.25, 0.3) is 0 Å². The van der Waals surface area contributed by atoms with Gasteiger partial charge in [-0.2, -0.15) is 0 Å². The molecule has 0 spiro atoms. The highest BCUT2D eigenvalue weighted by Gasteiger charge is 2.82. The fourth-order valence-corrected chi connectivity index (χ4v) is 9.57. The number of aromatic nitrogens is 1. The summed E-state index contributed by atoms with van der Waals surface area (Å²) in [6, 6.07) is 39.8. The monoisotopic (exact) mass is 594 g/mol. The molecule has 6 aromatic carbocycles. The number of imide groups is 1. The van der Waals surface area contributed by atoms with E-state index in [2.05, 4.69) is 41.4 Å². The summed E-state index contributed by atoms with van der Waals surface area (Å²) in [5, 5.41) is 6.23. The lowest BCUT2D eigenvalue weighted by atomic mass is 9.59. The van der Waals surface area contributed by atoms with E-state index in [1.54, 1.807) is 12.3 Å². The molecule has 218 valence electrons. The first kappa shape index (κ1) is 25.6. The van der Waals surface area contributed by atoms with Gasteiger partial charge in [-0.15, -0.1) is 0 Å². The van der Waals surface area contributed by atoms with Gasteiger partial charge in [-0.25, -0.2) is 9.88 Å². The Morgan fingerprint density at radius 3 is 1.54 bits per heavy atom. The van der Waals surface area contributed by atoms with Gasteiger partial charge in [0.05, 0.1) is 22.7 Å². The van der Waals surface area contributed by atoms with E-state index in [4.69, 9.17) is 0 Å². The van der Waals surface area contributed by atoms with Gasteiger partial charge in [0.2, 0.25) is 11.8 Å². The van der Waals surface area contributed by atoms with Crippen molar-refractivity contribution in [2.45, 2.75) is 17.8 Å². The van der Waals surface area contributed by atoms with Crippen LogP contribution in [0.2, 0.25) is 0 Å². The van der Waals surface area contributed by atoms with Crippen molar-refractivity contribution < 1.29 is 14.4 Å². The smallest absolute Gasteiger partial charge is 0.240 e. The second-order valence-electron chi connectivity index (χ2n) is 12.9. The average molecular weight is 595 g/mol. The van der Waals surface area contributed by atoms with Gasteiger partial charge >= 0.3 is 0 Å². The Morgan fingerprint density at radius 1 is 0.565 bits per heavy atom. The molecule has 0 radical (unpaired) electrons. The molecule has 2 fully saturated rings. The first-order valence-corrected chi connectivity index (χ1v) is 15.7. The zero-order valence-electron chi connectivity index (χ0n) is 24.9. The number of anilines is 1. The van der Waals surface area contributed by atoms with E-state index in [1.165, 1.54) is 4.90 Å². The van der Waals surface area contributed by atoms with Crippen LogP contribution >= 0.6 is 0 Å².